The summed E-state index contributed by atoms with van der Waals surface area (Å²) in [6.45, 7) is 5.14. The second kappa shape index (κ2) is 6.40. The van der Waals surface area contributed by atoms with Gasteiger partial charge in [-0.2, -0.15) is 0 Å². The molecule has 5 nitrogen and oxygen atoms in total. The molecule has 0 aromatic carbocycles. The minimum Gasteiger partial charge on any atom is -0.481 e. The number of nitrogens with one attached hydrogen (secondary N) is 1. The molecule has 3 unspecified atom stereocenters. The molecule has 0 aliphatic rings. The Kier molecular flexibility index (Phi) is 5.93. The third-order valence-electron chi connectivity index (χ3n) is 2.50. The van der Waals surface area contributed by atoms with Gasteiger partial charge < -0.3 is 16.2 Å². The van der Waals surface area contributed by atoms with E-state index in [9.17, 15) is 9.59 Å². The summed E-state index contributed by atoms with van der Waals surface area (Å²) >= 11 is 0. The second-order valence-corrected chi connectivity index (χ2v) is 3.86. The molecule has 0 saturated heterocycles. The fourth-order valence-electron chi connectivity index (χ4n) is 1.03. The number of hydrogen-bond acceptors (Lipinski definition) is 3. The Labute approximate surface area is 90.0 Å². The molecule has 1 amide bonds. The minimum atomic E-state index is -0.914. The van der Waals surface area contributed by atoms with E-state index in [1.807, 2.05) is 6.92 Å². The van der Waals surface area contributed by atoms with Crippen LogP contribution in [0.3, 0.4) is 0 Å². The molecule has 0 aliphatic heterocycles. The molecule has 88 valence electrons. The standard InChI is InChI=1S/C10H20N2O3/c1-4-8(11)5-9(13)12-7(3)6(2)10(14)15/h6-8H,4-5,11H2,1-3H3,(H,12,13)(H,14,15). The minimum absolute atomic E-state index is 0.155. The predicted octanol–water partition coefficient (Wildman–Crippen LogP) is 0.339. The lowest BCUT2D eigenvalue weighted by molar-refractivity contribution is -0.142. The van der Waals surface area contributed by atoms with E-state index in [0.29, 0.717) is 0 Å². The first-order valence-corrected chi connectivity index (χ1v) is 5.16. The van der Waals surface area contributed by atoms with Crippen LogP contribution >= 0.6 is 0 Å². The molecule has 0 fully saturated rings. The molecule has 0 saturated carbocycles. The highest BCUT2D eigenvalue weighted by atomic mass is 16.4. The summed E-state index contributed by atoms with van der Waals surface area (Å²) in [5, 5.41) is 11.3. The van der Waals surface area contributed by atoms with Gasteiger partial charge in [0, 0.05) is 18.5 Å². The normalized spacial score (nSPS) is 16.5. The van der Waals surface area contributed by atoms with Crippen LogP contribution < -0.4 is 11.1 Å². The molecular formula is C10H20N2O3. The third-order valence-corrected chi connectivity index (χ3v) is 2.50. The van der Waals surface area contributed by atoms with E-state index >= 15 is 0 Å². The average molecular weight is 216 g/mol. The molecule has 15 heavy (non-hydrogen) atoms. The fraction of sp³-hybridized carbons (Fsp3) is 0.800. The van der Waals surface area contributed by atoms with Crippen LogP contribution in [0.15, 0.2) is 0 Å². The Balaban J connectivity index is 4.01. The van der Waals surface area contributed by atoms with E-state index in [0.717, 1.165) is 6.42 Å². The molecule has 4 N–H and O–H groups in total. The van der Waals surface area contributed by atoms with Crippen molar-refractivity contribution in [3.63, 3.8) is 0 Å². The summed E-state index contributed by atoms with van der Waals surface area (Å²) in [4.78, 5) is 22.0. The summed E-state index contributed by atoms with van der Waals surface area (Å²) < 4.78 is 0. The Hall–Kier alpha value is -1.10. The van der Waals surface area contributed by atoms with Crippen LogP contribution in [-0.4, -0.2) is 29.1 Å². The number of amides is 1. The van der Waals surface area contributed by atoms with Gasteiger partial charge in [0.15, 0.2) is 0 Å². The lowest BCUT2D eigenvalue weighted by atomic mass is 10.0. The fourth-order valence-corrected chi connectivity index (χ4v) is 1.03. The molecule has 0 spiro atoms. The summed E-state index contributed by atoms with van der Waals surface area (Å²) in [5.41, 5.74) is 5.61. The van der Waals surface area contributed by atoms with Crippen molar-refractivity contribution in [3.8, 4) is 0 Å². The summed E-state index contributed by atoms with van der Waals surface area (Å²) in [6, 6.07) is -0.531. The van der Waals surface area contributed by atoms with Gasteiger partial charge in [0.05, 0.1) is 5.92 Å². The molecule has 0 aromatic rings. The van der Waals surface area contributed by atoms with Crippen LogP contribution in [0.4, 0.5) is 0 Å². The number of aliphatic carboxylic acids is 1. The van der Waals surface area contributed by atoms with E-state index in [-0.39, 0.29) is 24.4 Å². The monoisotopic (exact) mass is 216 g/mol. The van der Waals surface area contributed by atoms with Crippen molar-refractivity contribution >= 4 is 11.9 Å². The van der Waals surface area contributed by atoms with Gasteiger partial charge in [-0.05, 0) is 20.3 Å². The topological polar surface area (TPSA) is 92.4 Å². The molecule has 0 heterocycles. The van der Waals surface area contributed by atoms with Gasteiger partial charge in [-0.1, -0.05) is 6.92 Å². The highest BCUT2D eigenvalue weighted by molar-refractivity contribution is 5.78. The van der Waals surface area contributed by atoms with Crippen LogP contribution in [0.2, 0.25) is 0 Å². The Bertz CT molecular complexity index is 231. The predicted molar refractivity (Wildman–Crippen MR) is 57.3 cm³/mol. The zero-order valence-corrected chi connectivity index (χ0v) is 9.49. The molecule has 0 radical (unpaired) electrons. The first kappa shape index (κ1) is 13.9. The Morgan fingerprint density at radius 2 is 1.93 bits per heavy atom. The van der Waals surface area contributed by atoms with E-state index < -0.39 is 11.9 Å². The molecule has 0 aliphatic carbocycles. The summed E-state index contributed by atoms with van der Waals surface area (Å²) in [5.74, 6) is -1.70. The van der Waals surface area contributed by atoms with Gasteiger partial charge in [0.25, 0.3) is 0 Å². The Morgan fingerprint density at radius 1 is 1.40 bits per heavy atom. The molecule has 0 rings (SSSR count). The van der Waals surface area contributed by atoms with Gasteiger partial charge in [-0.3, -0.25) is 9.59 Å². The molecule has 0 aromatic heterocycles. The number of nitrogens with two attached hydrogens (primary N) is 1. The molecule has 0 bridgehead atoms. The second-order valence-electron chi connectivity index (χ2n) is 3.86. The average Bonchev–Trinajstić information content (AvgIpc) is 2.15. The van der Waals surface area contributed by atoms with Crippen LogP contribution in [0.1, 0.15) is 33.6 Å². The summed E-state index contributed by atoms with van der Waals surface area (Å²) in [6.07, 6.45) is 0.976. The number of carbonyl (C=O) groups is 2. The number of carboxylic acid groups (broad SMARTS) is 1. The largest absolute Gasteiger partial charge is 0.481 e. The van der Waals surface area contributed by atoms with E-state index in [1.165, 1.54) is 0 Å². The maximum absolute atomic E-state index is 11.4. The molecule has 3 atom stereocenters. The van der Waals surface area contributed by atoms with Crippen molar-refractivity contribution in [2.45, 2.75) is 45.7 Å². The van der Waals surface area contributed by atoms with Crippen LogP contribution in [0.5, 0.6) is 0 Å². The van der Waals surface area contributed by atoms with E-state index in [4.69, 9.17) is 10.8 Å². The lowest BCUT2D eigenvalue weighted by Crippen LogP contribution is -2.42. The van der Waals surface area contributed by atoms with Crippen molar-refractivity contribution in [3.05, 3.63) is 0 Å². The van der Waals surface area contributed by atoms with E-state index in [2.05, 4.69) is 5.32 Å². The highest BCUT2D eigenvalue weighted by Gasteiger charge is 2.21. The Morgan fingerprint density at radius 3 is 2.33 bits per heavy atom. The van der Waals surface area contributed by atoms with Gasteiger partial charge in [-0.25, -0.2) is 0 Å². The van der Waals surface area contributed by atoms with Gasteiger partial charge in [0.2, 0.25) is 5.91 Å². The zero-order valence-electron chi connectivity index (χ0n) is 9.49. The molecular weight excluding hydrogens is 196 g/mol. The van der Waals surface area contributed by atoms with Crippen LogP contribution in [-0.2, 0) is 9.59 Å². The number of hydrogen-bond donors (Lipinski definition) is 3. The van der Waals surface area contributed by atoms with Crippen molar-refractivity contribution in [2.24, 2.45) is 11.7 Å². The van der Waals surface area contributed by atoms with Gasteiger partial charge >= 0.3 is 5.97 Å². The van der Waals surface area contributed by atoms with E-state index in [1.54, 1.807) is 13.8 Å². The quantitative estimate of drug-likeness (QED) is 0.597. The van der Waals surface area contributed by atoms with Gasteiger partial charge in [-0.15, -0.1) is 0 Å². The maximum atomic E-state index is 11.4. The highest BCUT2D eigenvalue weighted by Crippen LogP contribution is 2.03. The first-order chi connectivity index (χ1) is 6.88. The zero-order chi connectivity index (χ0) is 12.0. The van der Waals surface area contributed by atoms with Gasteiger partial charge in [0.1, 0.15) is 0 Å². The van der Waals surface area contributed by atoms with Crippen molar-refractivity contribution < 1.29 is 14.7 Å². The number of carbonyl (C=O) groups excluding carboxylic acids is 1. The SMILES string of the molecule is CCC(N)CC(=O)NC(C)C(C)C(=O)O. The first-order valence-electron chi connectivity index (χ1n) is 5.16. The maximum Gasteiger partial charge on any atom is 0.308 e. The lowest BCUT2D eigenvalue weighted by Gasteiger charge is -2.18. The summed E-state index contributed by atoms with van der Waals surface area (Å²) in [7, 11) is 0. The van der Waals surface area contributed by atoms with Crippen molar-refractivity contribution in [1.82, 2.24) is 5.32 Å². The number of rotatable bonds is 6. The number of carboxylic acids is 1. The van der Waals surface area contributed by atoms with Crippen LogP contribution in [0.25, 0.3) is 0 Å². The third kappa shape index (κ3) is 5.37. The molecule has 5 heteroatoms. The van der Waals surface area contributed by atoms with Crippen LogP contribution in [0, 0.1) is 5.92 Å². The smallest absolute Gasteiger partial charge is 0.308 e. The van der Waals surface area contributed by atoms with Crippen molar-refractivity contribution in [2.75, 3.05) is 0 Å². The van der Waals surface area contributed by atoms with Crippen molar-refractivity contribution in [1.29, 1.82) is 0 Å².